The molecule has 0 bridgehead atoms. The lowest BCUT2D eigenvalue weighted by atomic mass is 10.3. The number of hydrogen-bond acceptors (Lipinski definition) is 2. The van der Waals surface area contributed by atoms with Crippen molar-refractivity contribution in [2.24, 2.45) is 0 Å². The standard InChI is InChI=1S/C7H7N3.CH4/c8-10-7-4-2-1-3-6(7)5-9-10;/h1-5H,8H2;1H4. The molecule has 0 fully saturated rings. The van der Waals surface area contributed by atoms with Crippen molar-refractivity contribution in [1.82, 2.24) is 9.89 Å². The Morgan fingerprint density at radius 3 is 2.73 bits per heavy atom. The highest BCUT2D eigenvalue weighted by atomic mass is 15.5. The van der Waals surface area contributed by atoms with Crippen molar-refractivity contribution in [1.29, 1.82) is 0 Å². The minimum atomic E-state index is 0. The highest BCUT2D eigenvalue weighted by molar-refractivity contribution is 5.78. The summed E-state index contributed by atoms with van der Waals surface area (Å²) in [4.78, 5) is 1.37. The molecule has 0 saturated carbocycles. The van der Waals surface area contributed by atoms with Crippen molar-refractivity contribution in [3.8, 4) is 0 Å². The molecular formula is C8H11N3. The molecular weight excluding hydrogens is 138 g/mol. The fourth-order valence-corrected chi connectivity index (χ4v) is 0.992. The molecule has 0 saturated heterocycles. The van der Waals surface area contributed by atoms with E-state index in [1.54, 1.807) is 6.20 Å². The molecule has 1 aromatic heterocycles. The molecule has 1 aromatic carbocycles. The second kappa shape index (κ2) is 2.62. The molecule has 0 radical (unpaired) electrons. The van der Waals surface area contributed by atoms with Crippen molar-refractivity contribution < 1.29 is 0 Å². The molecule has 0 amide bonds. The van der Waals surface area contributed by atoms with E-state index < -0.39 is 0 Å². The third-order valence-electron chi connectivity index (χ3n) is 1.50. The van der Waals surface area contributed by atoms with Crippen molar-refractivity contribution >= 4 is 10.9 Å². The van der Waals surface area contributed by atoms with Crippen LogP contribution in [-0.2, 0) is 0 Å². The van der Waals surface area contributed by atoms with E-state index in [1.165, 1.54) is 4.79 Å². The van der Waals surface area contributed by atoms with Gasteiger partial charge in [0.2, 0.25) is 0 Å². The zero-order valence-electron chi connectivity index (χ0n) is 5.36. The second-order valence-electron chi connectivity index (χ2n) is 2.15. The van der Waals surface area contributed by atoms with Crippen molar-refractivity contribution in [3.05, 3.63) is 30.5 Å². The largest absolute Gasteiger partial charge is 0.323 e. The molecule has 3 nitrogen and oxygen atoms in total. The first-order valence-corrected chi connectivity index (χ1v) is 3.06. The minimum absolute atomic E-state index is 0. The van der Waals surface area contributed by atoms with E-state index in [0.717, 1.165) is 10.9 Å². The Morgan fingerprint density at radius 2 is 2.00 bits per heavy atom. The van der Waals surface area contributed by atoms with Crippen LogP contribution in [0.15, 0.2) is 30.5 Å². The van der Waals surface area contributed by atoms with Crippen LogP contribution >= 0.6 is 0 Å². The number of fused-ring (bicyclic) bond motifs is 1. The molecule has 0 aliphatic heterocycles. The first-order valence-electron chi connectivity index (χ1n) is 3.06. The lowest BCUT2D eigenvalue weighted by molar-refractivity contribution is 0.863. The van der Waals surface area contributed by atoms with Crippen LogP contribution in [0.5, 0.6) is 0 Å². The van der Waals surface area contributed by atoms with Gasteiger partial charge in [0.05, 0.1) is 11.7 Å². The van der Waals surface area contributed by atoms with Gasteiger partial charge in [0.25, 0.3) is 0 Å². The minimum Gasteiger partial charge on any atom is -0.323 e. The van der Waals surface area contributed by atoms with Gasteiger partial charge in [-0.2, -0.15) is 9.89 Å². The third-order valence-corrected chi connectivity index (χ3v) is 1.50. The van der Waals surface area contributed by atoms with Gasteiger partial charge in [0, 0.05) is 5.39 Å². The number of benzene rings is 1. The van der Waals surface area contributed by atoms with Crippen molar-refractivity contribution in [2.75, 3.05) is 5.84 Å². The van der Waals surface area contributed by atoms with Crippen LogP contribution in [-0.4, -0.2) is 9.89 Å². The molecule has 2 N–H and O–H groups in total. The Kier molecular flexibility index (Phi) is 1.81. The van der Waals surface area contributed by atoms with Gasteiger partial charge in [0.15, 0.2) is 0 Å². The molecule has 0 aliphatic carbocycles. The van der Waals surface area contributed by atoms with Crippen molar-refractivity contribution in [2.45, 2.75) is 7.43 Å². The Labute approximate surface area is 65.4 Å². The van der Waals surface area contributed by atoms with E-state index in [1.807, 2.05) is 24.3 Å². The Balaban J connectivity index is 0.000000605. The molecule has 0 aliphatic rings. The number of nitrogens with zero attached hydrogens (tertiary/aromatic N) is 2. The molecule has 2 aromatic rings. The fourth-order valence-electron chi connectivity index (χ4n) is 0.992. The summed E-state index contributed by atoms with van der Waals surface area (Å²) < 4.78 is 0. The highest BCUT2D eigenvalue weighted by Gasteiger charge is 1.94. The van der Waals surface area contributed by atoms with E-state index in [-0.39, 0.29) is 7.43 Å². The van der Waals surface area contributed by atoms with Crippen molar-refractivity contribution in [3.63, 3.8) is 0 Å². The predicted octanol–water partition coefficient (Wildman–Crippen LogP) is 1.39. The molecule has 11 heavy (non-hydrogen) atoms. The lowest BCUT2D eigenvalue weighted by Gasteiger charge is -1.90. The smallest absolute Gasteiger partial charge is 0.0915 e. The van der Waals surface area contributed by atoms with Gasteiger partial charge in [-0.1, -0.05) is 25.6 Å². The number of hydrogen-bond donors (Lipinski definition) is 1. The van der Waals surface area contributed by atoms with Crippen LogP contribution in [0.1, 0.15) is 7.43 Å². The maximum absolute atomic E-state index is 5.48. The van der Waals surface area contributed by atoms with Gasteiger partial charge in [-0.05, 0) is 6.07 Å². The molecule has 2 rings (SSSR count). The third kappa shape index (κ3) is 1.05. The Morgan fingerprint density at radius 1 is 1.27 bits per heavy atom. The quantitative estimate of drug-likeness (QED) is 0.575. The van der Waals surface area contributed by atoms with Crippen LogP contribution in [0.4, 0.5) is 0 Å². The monoisotopic (exact) mass is 149 g/mol. The van der Waals surface area contributed by atoms with Crippen LogP contribution in [0.25, 0.3) is 10.9 Å². The van der Waals surface area contributed by atoms with Gasteiger partial charge in [-0.3, -0.25) is 0 Å². The summed E-state index contributed by atoms with van der Waals surface area (Å²) in [6.07, 6.45) is 1.75. The van der Waals surface area contributed by atoms with E-state index in [0.29, 0.717) is 0 Å². The molecule has 1 heterocycles. The number of rotatable bonds is 0. The topological polar surface area (TPSA) is 43.8 Å². The number of aromatic nitrogens is 2. The van der Waals surface area contributed by atoms with Crippen LogP contribution in [0.3, 0.4) is 0 Å². The first-order chi connectivity index (χ1) is 4.88. The average Bonchev–Trinajstić information content (AvgIpc) is 2.34. The summed E-state index contributed by atoms with van der Waals surface area (Å²) in [5, 5.41) is 4.96. The zero-order valence-corrected chi connectivity index (χ0v) is 5.36. The van der Waals surface area contributed by atoms with E-state index in [2.05, 4.69) is 5.10 Å². The van der Waals surface area contributed by atoms with Gasteiger partial charge in [0.1, 0.15) is 0 Å². The maximum atomic E-state index is 5.48. The Bertz CT molecular complexity index is 351. The van der Waals surface area contributed by atoms with Gasteiger partial charge >= 0.3 is 0 Å². The summed E-state index contributed by atoms with van der Waals surface area (Å²) in [5.74, 6) is 5.48. The lowest BCUT2D eigenvalue weighted by Crippen LogP contribution is -2.08. The number of nitrogen functional groups attached to an aromatic ring is 1. The van der Waals surface area contributed by atoms with Crippen LogP contribution in [0.2, 0.25) is 0 Å². The molecule has 58 valence electrons. The predicted molar refractivity (Wildman–Crippen MR) is 46.6 cm³/mol. The SMILES string of the molecule is C.Nn1ncc2ccccc21. The summed E-state index contributed by atoms with van der Waals surface area (Å²) >= 11 is 0. The first kappa shape index (κ1) is 7.60. The second-order valence-corrected chi connectivity index (χ2v) is 2.15. The maximum Gasteiger partial charge on any atom is 0.0915 e. The van der Waals surface area contributed by atoms with Gasteiger partial charge < -0.3 is 5.84 Å². The number of para-hydroxylation sites is 1. The van der Waals surface area contributed by atoms with E-state index in [9.17, 15) is 0 Å². The van der Waals surface area contributed by atoms with E-state index >= 15 is 0 Å². The number of nitrogens with two attached hydrogens (primary N) is 1. The van der Waals surface area contributed by atoms with Gasteiger partial charge in [-0.15, -0.1) is 0 Å². The summed E-state index contributed by atoms with van der Waals surface area (Å²) in [7, 11) is 0. The zero-order chi connectivity index (χ0) is 6.97. The van der Waals surface area contributed by atoms with Gasteiger partial charge in [-0.25, -0.2) is 0 Å². The molecule has 0 atom stereocenters. The summed E-state index contributed by atoms with van der Waals surface area (Å²) in [6, 6.07) is 7.81. The summed E-state index contributed by atoms with van der Waals surface area (Å²) in [6.45, 7) is 0. The van der Waals surface area contributed by atoms with E-state index in [4.69, 9.17) is 5.84 Å². The molecule has 0 spiro atoms. The summed E-state index contributed by atoms with van der Waals surface area (Å²) in [5.41, 5.74) is 0.961. The molecule has 3 heteroatoms. The van der Waals surface area contributed by atoms with Crippen LogP contribution < -0.4 is 5.84 Å². The highest BCUT2D eigenvalue weighted by Crippen LogP contribution is 2.08. The average molecular weight is 149 g/mol. The van der Waals surface area contributed by atoms with Crippen LogP contribution in [0, 0.1) is 0 Å². The fraction of sp³-hybridized carbons (Fsp3) is 0.125. The molecule has 0 unspecified atom stereocenters. The Hall–Kier alpha value is -1.51. The normalized spacial score (nSPS) is 9.45.